The monoisotopic (exact) mass is 238 g/mol. The highest BCUT2D eigenvalue weighted by Crippen LogP contribution is 2.36. The van der Waals surface area contributed by atoms with Gasteiger partial charge in [-0.25, -0.2) is 0 Å². The summed E-state index contributed by atoms with van der Waals surface area (Å²) in [5, 5.41) is 9.16. The van der Waals surface area contributed by atoms with Gasteiger partial charge < -0.3 is 14.6 Å². The van der Waals surface area contributed by atoms with Gasteiger partial charge in [0.05, 0.1) is 14.2 Å². The van der Waals surface area contributed by atoms with E-state index in [1.807, 2.05) is 18.2 Å². The maximum Gasteiger partial charge on any atom is 0.122 e. The van der Waals surface area contributed by atoms with Gasteiger partial charge in [0.15, 0.2) is 0 Å². The Bertz CT molecular complexity index is 347. The first kappa shape index (κ1) is 13.8. The Morgan fingerprint density at radius 2 is 1.88 bits per heavy atom. The molecule has 0 heterocycles. The average Bonchev–Trinajstić information content (AvgIpc) is 2.34. The van der Waals surface area contributed by atoms with Gasteiger partial charge in [-0.05, 0) is 36.5 Å². The number of aliphatic hydroxyl groups excluding tert-OH is 1. The summed E-state index contributed by atoms with van der Waals surface area (Å²) in [7, 11) is 3.32. The van der Waals surface area contributed by atoms with E-state index in [4.69, 9.17) is 14.6 Å². The fraction of sp³-hybridized carbons (Fsp3) is 0.571. The van der Waals surface area contributed by atoms with Crippen LogP contribution in [0.5, 0.6) is 11.5 Å². The van der Waals surface area contributed by atoms with E-state index >= 15 is 0 Å². The molecule has 0 bridgehead atoms. The molecule has 1 aromatic rings. The van der Waals surface area contributed by atoms with Crippen LogP contribution in [0.1, 0.15) is 31.7 Å². The summed E-state index contributed by atoms with van der Waals surface area (Å²) >= 11 is 0. The molecule has 1 unspecified atom stereocenters. The van der Waals surface area contributed by atoms with Crippen molar-refractivity contribution in [3.63, 3.8) is 0 Å². The van der Waals surface area contributed by atoms with Crippen LogP contribution in [0.15, 0.2) is 18.2 Å². The number of aliphatic hydroxyl groups is 1. The molecular weight excluding hydrogens is 216 g/mol. The maximum absolute atomic E-state index is 9.16. The zero-order valence-electron chi connectivity index (χ0n) is 11.1. The van der Waals surface area contributed by atoms with Crippen LogP contribution >= 0.6 is 0 Å². The van der Waals surface area contributed by atoms with Crippen molar-refractivity contribution in [3.8, 4) is 11.5 Å². The normalized spacial score (nSPS) is 12.6. The summed E-state index contributed by atoms with van der Waals surface area (Å²) in [5.74, 6) is 2.41. The molecule has 3 nitrogen and oxygen atoms in total. The lowest BCUT2D eigenvalue weighted by Crippen LogP contribution is -2.10. The molecule has 0 aromatic heterocycles. The van der Waals surface area contributed by atoms with Crippen LogP contribution in [0.4, 0.5) is 0 Å². The first-order valence-electron chi connectivity index (χ1n) is 5.96. The number of hydrogen-bond acceptors (Lipinski definition) is 3. The standard InChI is InChI=1S/C14H22O3/c1-10(2)12(7-8-15)13-9-11(16-3)5-6-14(13)17-4/h5-6,9-10,12,15H,7-8H2,1-4H3. The largest absolute Gasteiger partial charge is 0.497 e. The second-order valence-electron chi connectivity index (χ2n) is 4.47. The van der Waals surface area contributed by atoms with Gasteiger partial charge in [0.25, 0.3) is 0 Å². The van der Waals surface area contributed by atoms with Gasteiger partial charge in [0.2, 0.25) is 0 Å². The fourth-order valence-corrected chi connectivity index (χ4v) is 2.12. The lowest BCUT2D eigenvalue weighted by molar-refractivity contribution is 0.259. The highest BCUT2D eigenvalue weighted by molar-refractivity contribution is 5.42. The fourth-order valence-electron chi connectivity index (χ4n) is 2.12. The molecule has 96 valence electrons. The number of rotatable bonds is 6. The zero-order chi connectivity index (χ0) is 12.8. The summed E-state index contributed by atoms with van der Waals surface area (Å²) in [4.78, 5) is 0. The van der Waals surface area contributed by atoms with E-state index in [1.54, 1.807) is 14.2 Å². The Morgan fingerprint density at radius 1 is 1.18 bits per heavy atom. The number of methoxy groups -OCH3 is 2. The second kappa shape index (κ2) is 6.50. The molecule has 0 fully saturated rings. The van der Waals surface area contributed by atoms with Gasteiger partial charge in [-0.15, -0.1) is 0 Å². The SMILES string of the molecule is COc1ccc(OC)c(C(CCO)C(C)C)c1. The summed E-state index contributed by atoms with van der Waals surface area (Å²) in [6.07, 6.45) is 0.737. The van der Waals surface area contributed by atoms with E-state index in [-0.39, 0.29) is 12.5 Å². The third-order valence-electron chi connectivity index (χ3n) is 3.08. The Kier molecular flexibility index (Phi) is 5.29. The third kappa shape index (κ3) is 3.37. The van der Waals surface area contributed by atoms with E-state index in [0.29, 0.717) is 5.92 Å². The van der Waals surface area contributed by atoms with Crippen molar-refractivity contribution in [1.82, 2.24) is 0 Å². The Morgan fingerprint density at radius 3 is 2.35 bits per heavy atom. The lowest BCUT2D eigenvalue weighted by Gasteiger charge is -2.23. The van der Waals surface area contributed by atoms with Crippen LogP contribution in [0.25, 0.3) is 0 Å². The van der Waals surface area contributed by atoms with Gasteiger partial charge in [0, 0.05) is 12.2 Å². The van der Waals surface area contributed by atoms with Crippen molar-refractivity contribution in [2.75, 3.05) is 20.8 Å². The van der Waals surface area contributed by atoms with E-state index in [1.165, 1.54) is 0 Å². The number of benzene rings is 1. The lowest BCUT2D eigenvalue weighted by atomic mass is 9.85. The molecule has 0 aliphatic rings. The van der Waals surface area contributed by atoms with Crippen molar-refractivity contribution >= 4 is 0 Å². The minimum atomic E-state index is 0.184. The molecule has 17 heavy (non-hydrogen) atoms. The van der Waals surface area contributed by atoms with Gasteiger partial charge in [-0.3, -0.25) is 0 Å². The zero-order valence-corrected chi connectivity index (χ0v) is 11.1. The molecule has 0 amide bonds. The van der Waals surface area contributed by atoms with Crippen LogP contribution in [-0.4, -0.2) is 25.9 Å². The van der Waals surface area contributed by atoms with E-state index in [2.05, 4.69) is 13.8 Å². The number of ether oxygens (including phenoxy) is 2. The van der Waals surface area contributed by atoms with Gasteiger partial charge in [0.1, 0.15) is 11.5 Å². The second-order valence-corrected chi connectivity index (χ2v) is 4.47. The molecule has 1 N–H and O–H groups in total. The molecule has 0 saturated carbocycles. The topological polar surface area (TPSA) is 38.7 Å². The molecule has 1 aromatic carbocycles. The molecule has 0 aliphatic heterocycles. The summed E-state index contributed by atoms with van der Waals surface area (Å²) in [6.45, 7) is 4.49. The molecule has 1 rings (SSSR count). The summed E-state index contributed by atoms with van der Waals surface area (Å²) < 4.78 is 10.6. The maximum atomic E-state index is 9.16. The molecule has 1 atom stereocenters. The highest BCUT2D eigenvalue weighted by atomic mass is 16.5. The molecule has 0 aliphatic carbocycles. The van der Waals surface area contributed by atoms with Crippen molar-refractivity contribution in [3.05, 3.63) is 23.8 Å². The Hall–Kier alpha value is -1.22. The van der Waals surface area contributed by atoms with E-state index in [9.17, 15) is 0 Å². The molecule has 0 radical (unpaired) electrons. The van der Waals surface area contributed by atoms with E-state index in [0.717, 1.165) is 23.5 Å². The van der Waals surface area contributed by atoms with Gasteiger partial charge >= 0.3 is 0 Å². The van der Waals surface area contributed by atoms with Crippen LogP contribution in [0.3, 0.4) is 0 Å². The van der Waals surface area contributed by atoms with Crippen LogP contribution in [0, 0.1) is 5.92 Å². The number of hydrogen-bond donors (Lipinski definition) is 1. The minimum absolute atomic E-state index is 0.184. The molecule has 0 spiro atoms. The highest BCUT2D eigenvalue weighted by Gasteiger charge is 2.20. The third-order valence-corrected chi connectivity index (χ3v) is 3.08. The van der Waals surface area contributed by atoms with E-state index < -0.39 is 0 Å². The van der Waals surface area contributed by atoms with Crippen LogP contribution < -0.4 is 9.47 Å². The molecular formula is C14H22O3. The molecule has 3 heteroatoms. The van der Waals surface area contributed by atoms with Crippen molar-refractivity contribution in [2.24, 2.45) is 5.92 Å². The minimum Gasteiger partial charge on any atom is -0.497 e. The predicted octanol–water partition coefficient (Wildman–Crippen LogP) is 2.83. The quantitative estimate of drug-likeness (QED) is 0.828. The predicted molar refractivity (Wildman–Crippen MR) is 68.8 cm³/mol. The average molecular weight is 238 g/mol. The van der Waals surface area contributed by atoms with Gasteiger partial charge in [-0.1, -0.05) is 13.8 Å². The summed E-state index contributed by atoms with van der Waals surface area (Å²) in [5.41, 5.74) is 1.11. The van der Waals surface area contributed by atoms with Crippen molar-refractivity contribution in [2.45, 2.75) is 26.2 Å². The first-order chi connectivity index (χ1) is 8.13. The Labute approximate surface area is 103 Å². The first-order valence-corrected chi connectivity index (χ1v) is 5.96. The summed E-state index contributed by atoms with van der Waals surface area (Å²) in [6, 6.07) is 5.80. The smallest absolute Gasteiger partial charge is 0.122 e. The van der Waals surface area contributed by atoms with Crippen LogP contribution in [0.2, 0.25) is 0 Å². The van der Waals surface area contributed by atoms with Crippen LogP contribution in [-0.2, 0) is 0 Å². The van der Waals surface area contributed by atoms with Crippen molar-refractivity contribution in [1.29, 1.82) is 0 Å². The van der Waals surface area contributed by atoms with Gasteiger partial charge in [-0.2, -0.15) is 0 Å². The Balaban J connectivity index is 3.13. The van der Waals surface area contributed by atoms with Crippen molar-refractivity contribution < 1.29 is 14.6 Å². The molecule has 0 saturated heterocycles.